The van der Waals surface area contributed by atoms with Crippen molar-refractivity contribution in [2.75, 3.05) is 0 Å². The van der Waals surface area contributed by atoms with Crippen molar-refractivity contribution in [3.63, 3.8) is 0 Å². The summed E-state index contributed by atoms with van der Waals surface area (Å²) in [4.78, 5) is 0. The Morgan fingerprint density at radius 1 is 1.04 bits per heavy atom. The lowest BCUT2D eigenvalue weighted by atomic mass is 9.46. The van der Waals surface area contributed by atoms with Crippen LogP contribution in [0.3, 0.4) is 0 Å². The molecular formula is C24H33NO. The summed E-state index contributed by atoms with van der Waals surface area (Å²) >= 11 is 0. The molecule has 140 valence electrons. The zero-order valence-corrected chi connectivity index (χ0v) is 16.5. The first kappa shape index (κ1) is 16.9. The third-order valence-corrected chi connectivity index (χ3v) is 8.83. The highest BCUT2D eigenvalue weighted by Gasteiger charge is 2.58. The van der Waals surface area contributed by atoms with Gasteiger partial charge in [0.15, 0.2) is 0 Å². The van der Waals surface area contributed by atoms with Crippen molar-refractivity contribution >= 4 is 5.70 Å². The summed E-state index contributed by atoms with van der Waals surface area (Å²) in [5, 5.41) is 10.2. The summed E-state index contributed by atoms with van der Waals surface area (Å²) in [6, 6.07) is 4.30. The van der Waals surface area contributed by atoms with Crippen molar-refractivity contribution in [1.29, 1.82) is 0 Å². The molecule has 1 N–H and O–H groups in total. The van der Waals surface area contributed by atoms with Crippen molar-refractivity contribution in [2.24, 2.45) is 34.5 Å². The smallest absolute Gasteiger partial charge is 0.0577 e. The second-order valence-corrected chi connectivity index (χ2v) is 10.0. The number of aliphatic hydroxyl groups is 1. The van der Waals surface area contributed by atoms with Gasteiger partial charge in [-0.15, -0.1) is 0 Å². The second-order valence-electron chi connectivity index (χ2n) is 10.0. The van der Waals surface area contributed by atoms with E-state index in [1.807, 2.05) is 0 Å². The van der Waals surface area contributed by atoms with E-state index in [9.17, 15) is 5.11 Å². The normalized spacial score (nSPS) is 47.5. The average molecular weight is 352 g/mol. The van der Waals surface area contributed by atoms with Crippen LogP contribution in [0.25, 0.3) is 5.70 Å². The van der Waals surface area contributed by atoms with E-state index in [0.717, 1.165) is 30.6 Å². The van der Waals surface area contributed by atoms with E-state index >= 15 is 0 Å². The number of nitrogens with zero attached hydrogens (tertiary/aromatic N) is 1. The summed E-state index contributed by atoms with van der Waals surface area (Å²) in [6.45, 7) is 7.50. The Morgan fingerprint density at radius 3 is 2.54 bits per heavy atom. The largest absolute Gasteiger partial charge is 0.393 e. The first-order valence-corrected chi connectivity index (χ1v) is 10.7. The van der Waals surface area contributed by atoms with Crippen molar-refractivity contribution in [3.05, 3.63) is 42.3 Å². The van der Waals surface area contributed by atoms with Crippen LogP contribution in [0.15, 0.2) is 42.3 Å². The van der Waals surface area contributed by atoms with Crippen LogP contribution in [0.4, 0.5) is 0 Å². The van der Waals surface area contributed by atoms with Crippen LogP contribution in [0, 0.1) is 34.5 Å². The average Bonchev–Trinajstić information content (AvgIpc) is 3.23. The molecule has 0 spiro atoms. The Bertz CT molecular complexity index is 759. The van der Waals surface area contributed by atoms with Gasteiger partial charge in [0, 0.05) is 23.5 Å². The van der Waals surface area contributed by atoms with Crippen LogP contribution in [0.2, 0.25) is 0 Å². The third-order valence-electron chi connectivity index (χ3n) is 8.83. The molecule has 2 nitrogen and oxygen atoms in total. The molecule has 1 aromatic rings. The van der Waals surface area contributed by atoms with Gasteiger partial charge < -0.3 is 9.67 Å². The number of fused-ring (bicyclic) bond motifs is 5. The van der Waals surface area contributed by atoms with Gasteiger partial charge >= 0.3 is 0 Å². The second kappa shape index (κ2) is 5.61. The SMILES string of the molecule is C[C@@H]1C=C2C[C@H](O)CC[C@]2(C)[C@H]2CC[C@]3(C)C(n4cccc4)=CC[C@H]3[C@H]12. The van der Waals surface area contributed by atoms with Crippen LogP contribution < -0.4 is 0 Å². The Kier molecular flexibility index (Phi) is 3.64. The number of rotatable bonds is 1. The molecule has 2 saturated carbocycles. The fraction of sp³-hybridized carbons (Fsp3) is 0.667. The zero-order chi connectivity index (χ0) is 18.1. The fourth-order valence-corrected chi connectivity index (χ4v) is 7.44. The van der Waals surface area contributed by atoms with Gasteiger partial charge in [0.25, 0.3) is 0 Å². The van der Waals surface area contributed by atoms with Gasteiger partial charge in [-0.1, -0.05) is 38.5 Å². The van der Waals surface area contributed by atoms with Crippen molar-refractivity contribution in [2.45, 2.75) is 65.4 Å². The molecule has 1 heterocycles. The van der Waals surface area contributed by atoms with E-state index in [-0.39, 0.29) is 6.10 Å². The van der Waals surface area contributed by atoms with Gasteiger partial charge in [0.05, 0.1) is 6.10 Å². The maximum absolute atomic E-state index is 10.2. The Morgan fingerprint density at radius 2 is 1.77 bits per heavy atom. The van der Waals surface area contributed by atoms with Gasteiger partial charge in [-0.25, -0.2) is 0 Å². The quantitative estimate of drug-likeness (QED) is 0.663. The zero-order valence-electron chi connectivity index (χ0n) is 16.5. The molecule has 2 heteroatoms. The third kappa shape index (κ3) is 2.14. The van der Waals surface area contributed by atoms with Crippen molar-refractivity contribution < 1.29 is 5.11 Å². The highest BCUT2D eigenvalue weighted by Crippen LogP contribution is 2.66. The summed E-state index contributed by atoms with van der Waals surface area (Å²) in [5.41, 5.74) is 3.75. The first-order valence-electron chi connectivity index (χ1n) is 10.7. The van der Waals surface area contributed by atoms with Crippen LogP contribution in [0.1, 0.15) is 59.3 Å². The maximum Gasteiger partial charge on any atom is 0.0577 e. The van der Waals surface area contributed by atoms with E-state index in [1.54, 1.807) is 5.57 Å². The Labute approximate surface area is 158 Å². The van der Waals surface area contributed by atoms with Gasteiger partial charge in [0.1, 0.15) is 0 Å². The van der Waals surface area contributed by atoms with E-state index in [0.29, 0.717) is 16.7 Å². The molecule has 4 aliphatic rings. The molecule has 0 unspecified atom stereocenters. The Hall–Kier alpha value is -1.28. The summed E-state index contributed by atoms with van der Waals surface area (Å²) < 4.78 is 2.37. The number of hydrogen-bond donors (Lipinski definition) is 1. The molecule has 1 aromatic heterocycles. The minimum Gasteiger partial charge on any atom is -0.393 e. The molecule has 26 heavy (non-hydrogen) atoms. The molecular weight excluding hydrogens is 318 g/mol. The first-order chi connectivity index (χ1) is 12.4. The van der Waals surface area contributed by atoms with Gasteiger partial charge in [-0.05, 0) is 79.7 Å². The van der Waals surface area contributed by atoms with Crippen LogP contribution in [0.5, 0.6) is 0 Å². The van der Waals surface area contributed by atoms with E-state index < -0.39 is 0 Å². The summed E-state index contributed by atoms with van der Waals surface area (Å²) in [7, 11) is 0. The minimum atomic E-state index is -0.111. The Balaban J connectivity index is 1.52. The highest BCUT2D eigenvalue weighted by atomic mass is 16.3. The predicted molar refractivity (Wildman–Crippen MR) is 106 cm³/mol. The fourth-order valence-electron chi connectivity index (χ4n) is 7.44. The lowest BCUT2D eigenvalue weighted by Crippen LogP contribution is -2.52. The monoisotopic (exact) mass is 351 g/mol. The summed E-state index contributed by atoms with van der Waals surface area (Å²) in [5.74, 6) is 2.97. The molecule has 0 saturated heterocycles. The molecule has 0 bridgehead atoms. The summed E-state index contributed by atoms with van der Waals surface area (Å²) in [6.07, 6.45) is 16.4. The molecule has 0 aromatic carbocycles. The van der Waals surface area contributed by atoms with Gasteiger partial charge in [0.2, 0.25) is 0 Å². The number of aliphatic hydroxyl groups excluding tert-OH is 1. The van der Waals surface area contributed by atoms with Crippen molar-refractivity contribution in [1.82, 2.24) is 4.57 Å². The van der Waals surface area contributed by atoms with Crippen molar-refractivity contribution in [3.8, 4) is 0 Å². The highest BCUT2D eigenvalue weighted by molar-refractivity contribution is 5.57. The molecule has 0 amide bonds. The van der Waals surface area contributed by atoms with E-state index in [4.69, 9.17) is 0 Å². The van der Waals surface area contributed by atoms with Crippen LogP contribution in [-0.2, 0) is 0 Å². The molecule has 0 radical (unpaired) electrons. The van der Waals surface area contributed by atoms with Crippen LogP contribution >= 0.6 is 0 Å². The standard InChI is InChI=1S/C24H33NO/c1-16-14-17-15-18(26)8-10-23(17,2)20-9-11-24(3)19(22(16)20)6-7-21(24)25-12-4-5-13-25/h4-5,7,12-14,16,18-20,22,26H,6,8-11,15H2,1-3H3/t16-,18-,19+,20+,22+,23+,24+/m1/s1. The van der Waals surface area contributed by atoms with Gasteiger partial charge in [-0.3, -0.25) is 0 Å². The number of hydrogen-bond acceptors (Lipinski definition) is 1. The van der Waals surface area contributed by atoms with E-state index in [1.165, 1.54) is 31.4 Å². The lowest BCUT2D eigenvalue weighted by Gasteiger charge is -2.59. The minimum absolute atomic E-state index is 0.111. The van der Waals surface area contributed by atoms with Crippen LogP contribution in [-0.4, -0.2) is 15.8 Å². The molecule has 5 rings (SSSR count). The van der Waals surface area contributed by atoms with E-state index in [2.05, 4.69) is 62.0 Å². The molecule has 7 atom stereocenters. The topological polar surface area (TPSA) is 25.2 Å². The van der Waals surface area contributed by atoms with Gasteiger partial charge in [-0.2, -0.15) is 0 Å². The molecule has 2 fully saturated rings. The molecule has 0 aliphatic heterocycles. The maximum atomic E-state index is 10.2. The lowest BCUT2D eigenvalue weighted by molar-refractivity contribution is -0.0436. The molecule has 4 aliphatic carbocycles. The number of aromatic nitrogens is 1. The predicted octanol–water partition coefficient (Wildman–Crippen LogP) is 5.51. The number of allylic oxidation sites excluding steroid dienone is 3.